The van der Waals surface area contributed by atoms with Crippen LogP contribution in [0.3, 0.4) is 0 Å². The number of nitrogens with zero attached hydrogens (tertiary/aromatic N) is 3. The summed E-state index contributed by atoms with van der Waals surface area (Å²) in [5, 5.41) is 14.5. The third-order valence-electron chi connectivity index (χ3n) is 4.26. The first-order chi connectivity index (χ1) is 11.0. The van der Waals surface area contributed by atoms with Crippen LogP contribution in [0.5, 0.6) is 0 Å². The number of β-amino-alcohol motifs (C(OH)–C–C–N with tert-alkyl or cyclic N) is 1. The minimum atomic E-state index is -0.337. The number of halogens is 1. The molecule has 1 saturated heterocycles. The fourth-order valence-electron chi connectivity index (χ4n) is 3.28. The van der Waals surface area contributed by atoms with Crippen LogP contribution in [0.4, 0.5) is 4.39 Å². The first-order valence-electron chi connectivity index (χ1n) is 8.20. The highest BCUT2D eigenvalue weighted by molar-refractivity contribution is 5.22. The summed E-state index contributed by atoms with van der Waals surface area (Å²) in [6.45, 7) is 6.63. The van der Waals surface area contributed by atoms with Gasteiger partial charge in [-0.15, -0.1) is 0 Å². The van der Waals surface area contributed by atoms with Gasteiger partial charge in [0, 0.05) is 37.4 Å². The smallest absolute Gasteiger partial charge is 0.123 e. The predicted octanol–water partition coefficient (Wildman–Crippen LogP) is 2.99. The second-order valence-corrected chi connectivity index (χ2v) is 6.85. The Labute approximate surface area is 136 Å². The van der Waals surface area contributed by atoms with Crippen molar-refractivity contribution in [1.82, 2.24) is 14.7 Å². The molecule has 1 aromatic carbocycles. The van der Waals surface area contributed by atoms with E-state index in [1.807, 2.05) is 23.0 Å². The Morgan fingerprint density at radius 2 is 2.04 bits per heavy atom. The first-order valence-corrected chi connectivity index (χ1v) is 8.20. The van der Waals surface area contributed by atoms with Crippen LogP contribution in [-0.4, -0.2) is 32.4 Å². The largest absolute Gasteiger partial charge is 0.392 e. The molecule has 1 fully saturated rings. The minimum absolute atomic E-state index is 0.124. The second-order valence-electron chi connectivity index (χ2n) is 6.85. The molecule has 5 heteroatoms. The molecule has 4 nitrogen and oxygen atoms in total. The highest BCUT2D eigenvalue weighted by atomic mass is 19.1. The molecular weight excluding hydrogens is 293 g/mol. The normalized spacial score (nSPS) is 22.1. The van der Waals surface area contributed by atoms with E-state index in [1.54, 1.807) is 0 Å². The van der Waals surface area contributed by atoms with Crippen LogP contribution < -0.4 is 0 Å². The third kappa shape index (κ3) is 3.98. The zero-order valence-corrected chi connectivity index (χ0v) is 13.7. The second kappa shape index (κ2) is 6.81. The van der Waals surface area contributed by atoms with E-state index in [0.29, 0.717) is 18.9 Å². The quantitative estimate of drug-likeness (QED) is 0.922. The Kier molecular flexibility index (Phi) is 4.78. The summed E-state index contributed by atoms with van der Waals surface area (Å²) < 4.78 is 15.1. The zero-order chi connectivity index (χ0) is 16.4. The van der Waals surface area contributed by atoms with Crippen LogP contribution in [0.15, 0.2) is 36.7 Å². The molecule has 23 heavy (non-hydrogen) atoms. The molecule has 124 valence electrons. The summed E-state index contributed by atoms with van der Waals surface area (Å²) in [4.78, 5) is 2.24. The van der Waals surface area contributed by atoms with Gasteiger partial charge >= 0.3 is 0 Å². The molecule has 0 bridgehead atoms. The maximum atomic E-state index is 13.1. The zero-order valence-electron chi connectivity index (χ0n) is 13.7. The Balaban J connectivity index is 1.72. The number of aliphatic hydroxyl groups excluding tert-OH is 1. The van der Waals surface area contributed by atoms with Gasteiger partial charge in [0.25, 0.3) is 0 Å². The van der Waals surface area contributed by atoms with Gasteiger partial charge < -0.3 is 5.11 Å². The van der Waals surface area contributed by atoms with Gasteiger partial charge in [-0.25, -0.2) is 4.39 Å². The Bertz CT molecular complexity index is 638. The number of aromatic nitrogens is 2. The lowest BCUT2D eigenvalue weighted by Crippen LogP contribution is -2.24. The van der Waals surface area contributed by atoms with Crippen molar-refractivity contribution in [2.24, 2.45) is 5.92 Å². The highest BCUT2D eigenvalue weighted by Crippen LogP contribution is 2.33. The van der Waals surface area contributed by atoms with E-state index in [-0.39, 0.29) is 18.0 Å². The van der Waals surface area contributed by atoms with Crippen LogP contribution in [-0.2, 0) is 13.1 Å². The molecule has 3 rings (SSSR count). The van der Waals surface area contributed by atoms with Crippen LogP contribution in [0, 0.1) is 11.7 Å². The summed E-state index contributed by atoms with van der Waals surface area (Å²) in [6.07, 6.45) is 4.32. The van der Waals surface area contributed by atoms with Crippen molar-refractivity contribution < 1.29 is 9.50 Å². The average Bonchev–Trinajstić information content (AvgIpc) is 3.06. The van der Waals surface area contributed by atoms with Gasteiger partial charge in [0.15, 0.2) is 0 Å². The fraction of sp³-hybridized carbons (Fsp3) is 0.500. The standard InChI is InChI=1S/C18H24FN3O/c1-13(2)9-22-11-14(8-20-22)10-21-12-17(23)7-18(21)15-3-5-16(19)6-4-15/h3-6,8,11,13,17-18,23H,7,9-10,12H2,1-2H3/t17-,18-/m1/s1. The molecular formula is C18H24FN3O. The number of rotatable bonds is 5. The molecule has 0 amide bonds. The number of hydrogen-bond acceptors (Lipinski definition) is 3. The molecule has 1 aliphatic heterocycles. The molecule has 0 aliphatic carbocycles. The number of likely N-dealkylation sites (tertiary alicyclic amines) is 1. The van der Waals surface area contributed by atoms with Gasteiger partial charge in [0.2, 0.25) is 0 Å². The van der Waals surface area contributed by atoms with Crippen molar-refractivity contribution in [2.75, 3.05) is 6.54 Å². The summed E-state index contributed by atoms with van der Waals surface area (Å²) >= 11 is 0. The van der Waals surface area contributed by atoms with E-state index >= 15 is 0 Å². The summed E-state index contributed by atoms with van der Waals surface area (Å²) in [6, 6.07) is 6.72. The Morgan fingerprint density at radius 1 is 1.30 bits per heavy atom. The van der Waals surface area contributed by atoms with Crippen molar-refractivity contribution in [2.45, 2.75) is 45.5 Å². The third-order valence-corrected chi connectivity index (χ3v) is 4.26. The molecule has 2 heterocycles. The number of aliphatic hydroxyl groups is 1. The van der Waals surface area contributed by atoms with E-state index in [4.69, 9.17) is 0 Å². The Hall–Kier alpha value is -1.72. The number of benzene rings is 1. The SMILES string of the molecule is CC(C)Cn1cc(CN2C[C@H](O)C[C@@H]2c2ccc(F)cc2)cn1. The van der Waals surface area contributed by atoms with Crippen molar-refractivity contribution in [3.8, 4) is 0 Å². The molecule has 0 saturated carbocycles. The summed E-state index contributed by atoms with van der Waals surface area (Å²) in [5.41, 5.74) is 2.20. The van der Waals surface area contributed by atoms with E-state index in [9.17, 15) is 9.50 Å². The molecule has 0 spiro atoms. The summed E-state index contributed by atoms with van der Waals surface area (Å²) in [7, 11) is 0. The van der Waals surface area contributed by atoms with Crippen LogP contribution >= 0.6 is 0 Å². The lowest BCUT2D eigenvalue weighted by molar-refractivity contribution is 0.172. The average molecular weight is 317 g/mol. The van der Waals surface area contributed by atoms with Gasteiger partial charge in [-0.3, -0.25) is 9.58 Å². The molecule has 1 aliphatic rings. The van der Waals surface area contributed by atoms with Crippen LogP contribution in [0.2, 0.25) is 0 Å². The molecule has 1 aromatic heterocycles. The summed E-state index contributed by atoms with van der Waals surface area (Å²) in [5.74, 6) is 0.331. The first kappa shape index (κ1) is 16.1. The maximum absolute atomic E-state index is 13.1. The van der Waals surface area contributed by atoms with Gasteiger partial charge in [0.05, 0.1) is 12.3 Å². The monoisotopic (exact) mass is 317 g/mol. The van der Waals surface area contributed by atoms with E-state index < -0.39 is 0 Å². The minimum Gasteiger partial charge on any atom is -0.392 e. The van der Waals surface area contributed by atoms with Gasteiger partial charge in [0.1, 0.15) is 5.82 Å². The molecule has 0 unspecified atom stereocenters. The van der Waals surface area contributed by atoms with E-state index in [2.05, 4.69) is 30.0 Å². The van der Waals surface area contributed by atoms with Crippen LogP contribution in [0.25, 0.3) is 0 Å². The van der Waals surface area contributed by atoms with Crippen molar-refractivity contribution >= 4 is 0 Å². The van der Waals surface area contributed by atoms with Gasteiger partial charge in [-0.2, -0.15) is 5.10 Å². The highest BCUT2D eigenvalue weighted by Gasteiger charge is 2.32. The molecule has 0 radical (unpaired) electrons. The van der Waals surface area contributed by atoms with Crippen LogP contribution in [0.1, 0.15) is 37.4 Å². The van der Waals surface area contributed by atoms with Crippen molar-refractivity contribution in [1.29, 1.82) is 0 Å². The molecule has 2 atom stereocenters. The molecule has 2 aromatic rings. The lowest BCUT2D eigenvalue weighted by Gasteiger charge is -2.23. The molecule has 1 N–H and O–H groups in total. The maximum Gasteiger partial charge on any atom is 0.123 e. The van der Waals surface area contributed by atoms with E-state index in [0.717, 1.165) is 24.2 Å². The number of hydrogen-bond donors (Lipinski definition) is 1. The Morgan fingerprint density at radius 3 is 2.74 bits per heavy atom. The predicted molar refractivity (Wildman–Crippen MR) is 87.2 cm³/mol. The van der Waals surface area contributed by atoms with Gasteiger partial charge in [-0.05, 0) is 30.0 Å². The lowest BCUT2D eigenvalue weighted by atomic mass is 10.0. The van der Waals surface area contributed by atoms with E-state index in [1.165, 1.54) is 12.1 Å². The topological polar surface area (TPSA) is 41.3 Å². The fourth-order valence-corrected chi connectivity index (χ4v) is 3.28. The van der Waals surface area contributed by atoms with Crippen molar-refractivity contribution in [3.05, 3.63) is 53.6 Å². The van der Waals surface area contributed by atoms with Crippen molar-refractivity contribution in [3.63, 3.8) is 0 Å². The van der Waals surface area contributed by atoms with Gasteiger partial charge in [-0.1, -0.05) is 26.0 Å².